The van der Waals surface area contributed by atoms with E-state index < -0.39 is 5.91 Å². The Hall–Kier alpha value is -1.88. The highest BCUT2D eigenvalue weighted by Crippen LogP contribution is 2.04. The Balaban J connectivity index is 2.54. The van der Waals surface area contributed by atoms with Crippen LogP contribution in [-0.4, -0.2) is 35.8 Å². The molecule has 1 atom stereocenters. The lowest BCUT2D eigenvalue weighted by Gasteiger charge is -2.23. The number of primary amides is 1. The van der Waals surface area contributed by atoms with Crippen LogP contribution < -0.4 is 11.1 Å². The summed E-state index contributed by atoms with van der Waals surface area (Å²) in [6, 6.07) is 6.82. The topological polar surface area (TPSA) is 75.4 Å². The zero-order chi connectivity index (χ0) is 15.1. The predicted molar refractivity (Wildman–Crippen MR) is 79.2 cm³/mol. The molecule has 0 aliphatic carbocycles. The van der Waals surface area contributed by atoms with Crippen molar-refractivity contribution in [2.45, 2.75) is 33.4 Å². The summed E-state index contributed by atoms with van der Waals surface area (Å²) in [6.45, 7) is 7.81. The van der Waals surface area contributed by atoms with Crippen molar-refractivity contribution in [3.8, 4) is 0 Å². The highest BCUT2D eigenvalue weighted by atomic mass is 16.2. The number of rotatable bonds is 7. The van der Waals surface area contributed by atoms with Crippen LogP contribution in [0.2, 0.25) is 0 Å². The molecule has 0 saturated carbocycles. The van der Waals surface area contributed by atoms with Crippen LogP contribution in [0, 0.1) is 0 Å². The number of carbonyl (C=O) groups is 2. The normalized spacial score (nSPS) is 11.9. The van der Waals surface area contributed by atoms with Crippen molar-refractivity contribution in [1.29, 1.82) is 0 Å². The Kier molecular flexibility index (Phi) is 6.18. The van der Waals surface area contributed by atoms with Gasteiger partial charge in [-0.1, -0.05) is 12.1 Å². The number of nitrogens with zero attached hydrogens (tertiary/aromatic N) is 1. The quantitative estimate of drug-likeness (QED) is 0.784. The number of nitrogens with two attached hydrogens (primary N) is 1. The number of hydrogen-bond acceptors (Lipinski definition) is 3. The van der Waals surface area contributed by atoms with Gasteiger partial charge in [0.2, 0.25) is 11.8 Å². The fourth-order valence-electron chi connectivity index (χ4n) is 1.95. The number of nitrogens with one attached hydrogen (secondary N) is 1. The molecule has 110 valence electrons. The first kappa shape index (κ1) is 16.2. The van der Waals surface area contributed by atoms with E-state index in [9.17, 15) is 9.59 Å². The van der Waals surface area contributed by atoms with Gasteiger partial charge in [-0.3, -0.25) is 9.59 Å². The molecule has 0 spiro atoms. The summed E-state index contributed by atoms with van der Waals surface area (Å²) in [6.07, 6.45) is 0. The molecule has 0 heterocycles. The van der Waals surface area contributed by atoms with Crippen LogP contribution in [0.15, 0.2) is 24.3 Å². The molecule has 20 heavy (non-hydrogen) atoms. The molecular weight excluding hydrogens is 254 g/mol. The lowest BCUT2D eigenvalue weighted by atomic mass is 10.1. The maximum absolute atomic E-state index is 12.1. The molecule has 1 unspecified atom stereocenters. The van der Waals surface area contributed by atoms with Crippen LogP contribution in [-0.2, 0) is 11.3 Å². The van der Waals surface area contributed by atoms with Crippen LogP contribution >= 0.6 is 0 Å². The fourth-order valence-corrected chi connectivity index (χ4v) is 1.95. The van der Waals surface area contributed by atoms with Crippen LogP contribution in [0.3, 0.4) is 0 Å². The van der Waals surface area contributed by atoms with Gasteiger partial charge in [0.25, 0.3) is 0 Å². The minimum Gasteiger partial charge on any atom is -0.366 e. The molecule has 1 rings (SSSR count). The SMILES string of the molecule is CCN(CC)C(=O)C(C)NCc1ccc(C(N)=O)cc1. The number of amides is 2. The maximum Gasteiger partial charge on any atom is 0.248 e. The van der Waals surface area contributed by atoms with Gasteiger partial charge in [-0.25, -0.2) is 0 Å². The van der Waals surface area contributed by atoms with Gasteiger partial charge in [0.1, 0.15) is 0 Å². The summed E-state index contributed by atoms with van der Waals surface area (Å²) in [5.74, 6) is -0.335. The van der Waals surface area contributed by atoms with E-state index in [1.54, 1.807) is 17.0 Å². The van der Waals surface area contributed by atoms with E-state index in [-0.39, 0.29) is 11.9 Å². The van der Waals surface area contributed by atoms with Gasteiger partial charge in [0.05, 0.1) is 6.04 Å². The Morgan fingerprint density at radius 3 is 2.20 bits per heavy atom. The number of likely N-dealkylation sites (N-methyl/N-ethyl adjacent to an activating group) is 1. The van der Waals surface area contributed by atoms with Crippen molar-refractivity contribution >= 4 is 11.8 Å². The Morgan fingerprint density at radius 1 is 1.20 bits per heavy atom. The second kappa shape index (κ2) is 7.65. The largest absolute Gasteiger partial charge is 0.366 e. The molecule has 3 N–H and O–H groups in total. The molecule has 0 radical (unpaired) electrons. The summed E-state index contributed by atoms with van der Waals surface area (Å²) in [5.41, 5.74) is 6.68. The van der Waals surface area contributed by atoms with Crippen LogP contribution in [0.1, 0.15) is 36.7 Å². The Bertz CT molecular complexity index is 453. The van der Waals surface area contributed by atoms with Gasteiger partial charge in [0, 0.05) is 25.2 Å². The van der Waals surface area contributed by atoms with Gasteiger partial charge in [-0.15, -0.1) is 0 Å². The van der Waals surface area contributed by atoms with E-state index >= 15 is 0 Å². The standard InChI is InChI=1S/C15H23N3O2/c1-4-18(5-2)15(20)11(3)17-10-12-6-8-13(9-7-12)14(16)19/h6-9,11,17H,4-5,10H2,1-3H3,(H2,16,19). The van der Waals surface area contributed by atoms with E-state index in [1.165, 1.54) is 0 Å². The minimum atomic E-state index is -0.436. The molecule has 0 bridgehead atoms. The van der Waals surface area contributed by atoms with Gasteiger partial charge in [-0.2, -0.15) is 0 Å². The van der Waals surface area contributed by atoms with E-state index in [2.05, 4.69) is 5.32 Å². The first-order valence-corrected chi connectivity index (χ1v) is 6.90. The van der Waals surface area contributed by atoms with Crippen LogP contribution in [0.25, 0.3) is 0 Å². The second-order valence-electron chi connectivity index (χ2n) is 4.67. The highest BCUT2D eigenvalue weighted by molar-refractivity contribution is 5.92. The highest BCUT2D eigenvalue weighted by Gasteiger charge is 2.17. The summed E-state index contributed by atoms with van der Waals surface area (Å²) in [4.78, 5) is 24.8. The average molecular weight is 277 g/mol. The second-order valence-corrected chi connectivity index (χ2v) is 4.67. The lowest BCUT2D eigenvalue weighted by Crippen LogP contribution is -2.44. The lowest BCUT2D eigenvalue weighted by molar-refractivity contribution is -0.132. The van der Waals surface area contributed by atoms with Crippen molar-refractivity contribution < 1.29 is 9.59 Å². The van der Waals surface area contributed by atoms with E-state index in [1.807, 2.05) is 32.9 Å². The van der Waals surface area contributed by atoms with Crippen LogP contribution in [0.5, 0.6) is 0 Å². The summed E-state index contributed by atoms with van der Waals surface area (Å²) >= 11 is 0. The maximum atomic E-state index is 12.1. The smallest absolute Gasteiger partial charge is 0.248 e. The summed E-state index contributed by atoms with van der Waals surface area (Å²) < 4.78 is 0. The predicted octanol–water partition coefficient (Wildman–Crippen LogP) is 1.13. The molecule has 0 saturated heterocycles. The molecule has 1 aromatic rings. The van der Waals surface area contributed by atoms with Crippen molar-refractivity contribution in [1.82, 2.24) is 10.2 Å². The van der Waals surface area contributed by atoms with Gasteiger partial charge in [0.15, 0.2) is 0 Å². The third-order valence-electron chi connectivity index (χ3n) is 3.30. The molecular formula is C15H23N3O2. The number of hydrogen-bond donors (Lipinski definition) is 2. The van der Waals surface area contributed by atoms with Crippen molar-refractivity contribution in [3.05, 3.63) is 35.4 Å². The minimum absolute atomic E-state index is 0.101. The molecule has 5 nitrogen and oxygen atoms in total. The monoisotopic (exact) mass is 277 g/mol. The first-order valence-electron chi connectivity index (χ1n) is 6.90. The van der Waals surface area contributed by atoms with Gasteiger partial charge >= 0.3 is 0 Å². The molecule has 0 fully saturated rings. The van der Waals surface area contributed by atoms with Gasteiger partial charge < -0.3 is 16.0 Å². The number of benzene rings is 1. The van der Waals surface area contributed by atoms with Crippen molar-refractivity contribution in [2.75, 3.05) is 13.1 Å². The molecule has 1 aromatic carbocycles. The zero-order valence-electron chi connectivity index (χ0n) is 12.3. The van der Waals surface area contributed by atoms with Crippen molar-refractivity contribution in [2.24, 2.45) is 5.73 Å². The molecule has 2 amide bonds. The van der Waals surface area contributed by atoms with Crippen LogP contribution in [0.4, 0.5) is 0 Å². The van der Waals surface area contributed by atoms with Gasteiger partial charge in [-0.05, 0) is 38.5 Å². The third kappa shape index (κ3) is 4.35. The van der Waals surface area contributed by atoms with E-state index in [0.29, 0.717) is 25.2 Å². The Morgan fingerprint density at radius 2 is 1.75 bits per heavy atom. The first-order chi connectivity index (χ1) is 9.49. The zero-order valence-corrected chi connectivity index (χ0v) is 12.3. The van der Waals surface area contributed by atoms with E-state index in [4.69, 9.17) is 5.73 Å². The third-order valence-corrected chi connectivity index (χ3v) is 3.30. The summed E-state index contributed by atoms with van der Waals surface area (Å²) in [7, 11) is 0. The van der Waals surface area contributed by atoms with Crippen molar-refractivity contribution in [3.63, 3.8) is 0 Å². The molecule has 0 aliphatic rings. The average Bonchev–Trinajstić information content (AvgIpc) is 2.46. The molecule has 0 aliphatic heterocycles. The number of carbonyl (C=O) groups excluding carboxylic acids is 2. The fraction of sp³-hybridized carbons (Fsp3) is 0.467. The molecule has 0 aromatic heterocycles. The Labute approximate surface area is 120 Å². The summed E-state index contributed by atoms with van der Waals surface area (Å²) in [5, 5.41) is 3.19. The van der Waals surface area contributed by atoms with E-state index in [0.717, 1.165) is 5.56 Å². The molecule has 5 heteroatoms.